The van der Waals surface area contributed by atoms with Crippen LogP contribution in [0, 0.1) is 29.5 Å². The Kier molecular flexibility index (Phi) is 12.1. The molecule has 3 fully saturated rings. The number of carbonyl (C=O) groups excluding carboxylic acids is 4. The first kappa shape index (κ1) is 38.3. The van der Waals surface area contributed by atoms with Gasteiger partial charge < -0.3 is 20.4 Å². The van der Waals surface area contributed by atoms with Crippen molar-refractivity contribution in [2.24, 2.45) is 23.7 Å². The number of rotatable bonds is 14. The third-order valence-corrected chi connectivity index (χ3v) is 11.5. The zero-order chi connectivity index (χ0) is 37.8. The van der Waals surface area contributed by atoms with Gasteiger partial charge in [0.25, 0.3) is 5.91 Å². The molecule has 12 nitrogen and oxygen atoms in total. The van der Waals surface area contributed by atoms with Gasteiger partial charge in [-0.2, -0.15) is 10.2 Å². The Bertz CT molecular complexity index is 1770. The highest BCUT2D eigenvalue weighted by molar-refractivity contribution is 6.00. The predicted octanol–water partition coefficient (Wildman–Crippen LogP) is 5.54. The largest absolute Gasteiger partial charge is 0.338 e. The highest BCUT2D eigenvalue weighted by Gasteiger charge is 2.36. The lowest BCUT2D eigenvalue weighted by atomic mass is 9.74. The number of Topliss-reactive ketones (excluding diaryl/α,β-unsaturated/α-hetero) is 1. The highest BCUT2D eigenvalue weighted by Crippen LogP contribution is 2.37. The van der Waals surface area contributed by atoms with Gasteiger partial charge in [0.05, 0.1) is 5.69 Å². The standard InChI is InChI=1S/C40H55FN8O4/c1-25(2)49-34(14-17-43-49)36(50)23-31(29-10-6-26(3)7-11-29)38(51)44-33-13-12-30(22-32(33)41)27(4)37(40(53)47-20-18-46(5)19-21-47)45-39(52)35-15-16-42-48(35)24-28-8-9-28/h12-17,22,25-29,31,37H,6-11,18-21,23-24H2,1-5H3,(H,44,51)(H,45,52)/t26?,27-,29?,31-,37+/m0/s1. The lowest BCUT2D eigenvalue weighted by Crippen LogP contribution is -2.55. The van der Waals surface area contributed by atoms with Crippen LogP contribution in [0.4, 0.5) is 10.1 Å². The molecule has 0 spiro atoms. The number of carbonyl (C=O) groups is 4. The number of hydrogen-bond acceptors (Lipinski definition) is 7. The predicted molar refractivity (Wildman–Crippen MR) is 200 cm³/mol. The van der Waals surface area contributed by atoms with E-state index >= 15 is 4.39 Å². The van der Waals surface area contributed by atoms with Gasteiger partial charge in [0.1, 0.15) is 23.2 Å². The maximum atomic E-state index is 16.0. The molecule has 3 aromatic rings. The number of amides is 3. The Morgan fingerprint density at radius 1 is 0.887 bits per heavy atom. The summed E-state index contributed by atoms with van der Waals surface area (Å²) < 4.78 is 19.4. The number of anilines is 1. The second-order valence-corrected chi connectivity index (χ2v) is 15.9. The van der Waals surface area contributed by atoms with Crippen LogP contribution in [-0.4, -0.2) is 92.1 Å². The summed E-state index contributed by atoms with van der Waals surface area (Å²) in [6.07, 6.45) is 9.01. The van der Waals surface area contributed by atoms with E-state index in [-0.39, 0.29) is 41.7 Å². The lowest BCUT2D eigenvalue weighted by molar-refractivity contribution is -0.135. The molecule has 286 valence electrons. The summed E-state index contributed by atoms with van der Waals surface area (Å²) in [5.41, 5.74) is 1.37. The van der Waals surface area contributed by atoms with E-state index in [4.69, 9.17) is 0 Å². The molecule has 3 heterocycles. The second kappa shape index (κ2) is 16.7. The molecule has 1 aliphatic heterocycles. The molecule has 2 aliphatic carbocycles. The van der Waals surface area contributed by atoms with E-state index in [1.165, 1.54) is 12.1 Å². The van der Waals surface area contributed by atoms with Gasteiger partial charge in [0.2, 0.25) is 11.8 Å². The van der Waals surface area contributed by atoms with Crippen LogP contribution in [0.5, 0.6) is 0 Å². The number of halogens is 1. The molecule has 6 rings (SSSR count). The number of hydrogen-bond donors (Lipinski definition) is 2. The number of aromatic nitrogens is 4. The molecular formula is C40H55FN8O4. The maximum absolute atomic E-state index is 16.0. The maximum Gasteiger partial charge on any atom is 0.270 e. The van der Waals surface area contributed by atoms with E-state index in [0.717, 1.165) is 38.5 Å². The van der Waals surface area contributed by atoms with Gasteiger partial charge in [-0.1, -0.05) is 32.8 Å². The van der Waals surface area contributed by atoms with Crippen LogP contribution in [0.2, 0.25) is 0 Å². The van der Waals surface area contributed by atoms with Crippen LogP contribution in [-0.2, 0) is 16.1 Å². The Balaban J connectivity index is 1.20. The van der Waals surface area contributed by atoms with E-state index in [9.17, 15) is 19.2 Å². The average molecular weight is 731 g/mol. The van der Waals surface area contributed by atoms with Crippen LogP contribution in [0.15, 0.2) is 42.7 Å². The fourth-order valence-electron chi connectivity index (χ4n) is 7.80. The molecule has 3 amide bonds. The molecule has 0 radical (unpaired) electrons. The summed E-state index contributed by atoms with van der Waals surface area (Å²) in [6, 6.07) is 6.91. The summed E-state index contributed by atoms with van der Waals surface area (Å²) in [6.45, 7) is 11.0. The van der Waals surface area contributed by atoms with Gasteiger partial charge in [-0.15, -0.1) is 0 Å². The monoisotopic (exact) mass is 730 g/mol. The van der Waals surface area contributed by atoms with Crippen molar-refractivity contribution in [2.75, 3.05) is 38.5 Å². The van der Waals surface area contributed by atoms with Gasteiger partial charge in [0, 0.05) is 69.4 Å². The first-order valence-corrected chi connectivity index (χ1v) is 19.4. The van der Waals surface area contributed by atoms with E-state index in [0.29, 0.717) is 61.5 Å². The van der Waals surface area contributed by atoms with Crippen molar-refractivity contribution in [1.29, 1.82) is 0 Å². The number of benzene rings is 1. The van der Waals surface area contributed by atoms with Crippen molar-refractivity contribution in [2.45, 2.75) is 97.2 Å². The van der Waals surface area contributed by atoms with Crippen LogP contribution < -0.4 is 10.6 Å². The average Bonchev–Trinajstić information content (AvgIpc) is 3.59. The van der Waals surface area contributed by atoms with Crippen LogP contribution >= 0.6 is 0 Å². The van der Waals surface area contributed by atoms with Crippen molar-refractivity contribution < 1.29 is 23.6 Å². The summed E-state index contributed by atoms with van der Waals surface area (Å²) in [7, 11) is 2.01. The van der Waals surface area contributed by atoms with Crippen molar-refractivity contribution in [3.8, 4) is 0 Å². The SMILES string of the molecule is CC1CCC([C@H](CC(=O)c2ccnn2C(C)C)C(=O)Nc2ccc([C@H](C)[C@@H](NC(=O)c3ccnn3CC3CC3)C(=O)N3CCN(C)CC3)cc2F)CC1. The minimum atomic E-state index is -0.960. The highest BCUT2D eigenvalue weighted by atomic mass is 19.1. The molecular weight excluding hydrogens is 675 g/mol. The fraction of sp³-hybridized carbons (Fsp3) is 0.600. The van der Waals surface area contributed by atoms with E-state index in [1.54, 1.807) is 51.8 Å². The normalized spacial score (nSPS) is 21.2. The molecule has 2 N–H and O–H groups in total. The minimum absolute atomic E-state index is 0.00142. The smallest absolute Gasteiger partial charge is 0.270 e. The van der Waals surface area contributed by atoms with Gasteiger partial charge in [-0.05, 0) is 94.2 Å². The second-order valence-electron chi connectivity index (χ2n) is 15.9. The molecule has 2 saturated carbocycles. The molecule has 0 unspecified atom stereocenters. The topological polar surface area (TPSA) is 134 Å². The van der Waals surface area contributed by atoms with Crippen molar-refractivity contribution in [1.82, 2.24) is 34.7 Å². The van der Waals surface area contributed by atoms with E-state index in [1.807, 2.05) is 20.9 Å². The number of ketones is 1. The Morgan fingerprint density at radius 2 is 1.57 bits per heavy atom. The molecule has 53 heavy (non-hydrogen) atoms. The minimum Gasteiger partial charge on any atom is -0.338 e. The first-order valence-electron chi connectivity index (χ1n) is 19.4. The number of piperazine rings is 1. The van der Waals surface area contributed by atoms with Gasteiger partial charge in [-0.25, -0.2) is 4.39 Å². The molecule has 0 bridgehead atoms. The van der Waals surface area contributed by atoms with Gasteiger partial charge in [-0.3, -0.25) is 28.5 Å². The van der Waals surface area contributed by atoms with Crippen LogP contribution in [0.1, 0.15) is 111 Å². The summed E-state index contributed by atoms with van der Waals surface area (Å²) in [4.78, 5) is 59.2. The number of nitrogens with one attached hydrogen (secondary N) is 2. The Morgan fingerprint density at radius 3 is 2.23 bits per heavy atom. The fourth-order valence-corrected chi connectivity index (χ4v) is 7.80. The van der Waals surface area contributed by atoms with Gasteiger partial charge >= 0.3 is 0 Å². The summed E-state index contributed by atoms with van der Waals surface area (Å²) in [5.74, 6) is -1.98. The van der Waals surface area contributed by atoms with Crippen LogP contribution in [0.3, 0.4) is 0 Å². The third kappa shape index (κ3) is 9.23. The molecule has 1 saturated heterocycles. The molecule has 13 heteroatoms. The van der Waals surface area contributed by atoms with Crippen molar-refractivity contribution >= 4 is 29.2 Å². The number of nitrogens with zero attached hydrogens (tertiary/aromatic N) is 6. The molecule has 3 atom stereocenters. The van der Waals surface area contributed by atoms with Crippen LogP contribution in [0.25, 0.3) is 0 Å². The molecule has 3 aliphatic rings. The van der Waals surface area contributed by atoms with Crippen molar-refractivity contribution in [3.63, 3.8) is 0 Å². The lowest BCUT2D eigenvalue weighted by Gasteiger charge is -2.36. The Hall–Kier alpha value is -4.39. The Labute approximate surface area is 311 Å². The third-order valence-electron chi connectivity index (χ3n) is 11.5. The quantitative estimate of drug-likeness (QED) is 0.208. The van der Waals surface area contributed by atoms with E-state index < -0.39 is 29.6 Å². The zero-order valence-electron chi connectivity index (χ0n) is 31.8. The summed E-state index contributed by atoms with van der Waals surface area (Å²) in [5, 5.41) is 14.4. The molecule has 1 aromatic carbocycles. The zero-order valence-corrected chi connectivity index (χ0v) is 31.8. The first-order chi connectivity index (χ1) is 25.4. The van der Waals surface area contributed by atoms with E-state index in [2.05, 4.69) is 32.7 Å². The number of likely N-dealkylation sites (N-methyl/N-ethyl adjacent to an activating group) is 1. The van der Waals surface area contributed by atoms with Gasteiger partial charge in [0.15, 0.2) is 5.78 Å². The van der Waals surface area contributed by atoms with Crippen molar-refractivity contribution in [3.05, 3.63) is 65.5 Å². The summed E-state index contributed by atoms with van der Waals surface area (Å²) >= 11 is 0. The molecule has 2 aromatic heterocycles.